The van der Waals surface area contributed by atoms with Gasteiger partial charge in [0.1, 0.15) is 0 Å². The fraction of sp³-hybridized carbons (Fsp3) is 0.235. The standard InChI is InChI=1S/C17H17BrN2O/c1-12-11-13(18)7-8-14(12)17(21)20-10-4-9-19-15-5-2-3-6-16(15)20/h2-3,5-8,11,19H,4,9-10H2,1H3. The number of carbonyl (C=O) groups is 1. The molecule has 0 radical (unpaired) electrons. The molecular formula is C17H17BrN2O. The molecule has 0 atom stereocenters. The molecule has 3 nitrogen and oxygen atoms in total. The summed E-state index contributed by atoms with van der Waals surface area (Å²) >= 11 is 3.44. The first kappa shape index (κ1) is 14.1. The zero-order chi connectivity index (χ0) is 14.8. The molecular weight excluding hydrogens is 328 g/mol. The second-order valence-corrected chi connectivity index (χ2v) is 6.13. The molecule has 21 heavy (non-hydrogen) atoms. The molecule has 0 spiro atoms. The Morgan fingerprint density at radius 1 is 1.24 bits per heavy atom. The first-order valence-corrected chi connectivity index (χ1v) is 7.87. The molecule has 1 N–H and O–H groups in total. The number of carbonyl (C=O) groups excluding carboxylic acids is 1. The van der Waals surface area contributed by atoms with Crippen LogP contribution in [0.15, 0.2) is 46.9 Å². The Kier molecular flexibility index (Phi) is 3.97. The average molecular weight is 345 g/mol. The maximum absolute atomic E-state index is 12.9. The summed E-state index contributed by atoms with van der Waals surface area (Å²) in [6.07, 6.45) is 0.940. The molecule has 0 fully saturated rings. The molecule has 3 rings (SSSR count). The van der Waals surface area contributed by atoms with Crippen molar-refractivity contribution in [3.63, 3.8) is 0 Å². The van der Waals surface area contributed by atoms with Crippen molar-refractivity contribution in [1.29, 1.82) is 0 Å². The minimum atomic E-state index is 0.0659. The fourth-order valence-corrected chi connectivity index (χ4v) is 3.14. The molecule has 1 aliphatic rings. The number of hydrogen-bond donors (Lipinski definition) is 1. The summed E-state index contributed by atoms with van der Waals surface area (Å²) in [5.74, 6) is 0.0659. The molecule has 0 aromatic heterocycles. The fourth-order valence-electron chi connectivity index (χ4n) is 2.66. The largest absolute Gasteiger partial charge is 0.383 e. The van der Waals surface area contributed by atoms with Crippen LogP contribution >= 0.6 is 15.9 Å². The van der Waals surface area contributed by atoms with Crippen LogP contribution in [0.1, 0.15) is 22.3 Å². The van der Waals surface area contributed by atoms with Crippen LogP contribution in [-0.4, -0.2) is 19.0 Å². The van der Waals surface area contributed by atoms with Gasteiger partial charge in [0.2, 0.25) is 0 Å². The van der Waals surface area contributed by atoms with Gasteiger partial charge in [-0.2, -0.15) is 0 Å². The molecule has 1 amide bonds. The zero-order valence-electron chi connectivity index (χ0n) is 11.9. The van der Waals surface area contributed by atoms with E-state index in [1.54, 1.807) is 0 Å². The van der Waals surface area contributed by atoms with Gasteiger partial charge in [0.05, 0.1) is 11.4 Å². The summed E-state index contributed by atoms with van der Waals surface area (Å²) in [4.78, 5) is 14.8. The minimum absolute atomic E-state index is 0.0659. The van der Waals surface area contributed by atoms with E-state index in [-0.39, 0.29) is 5.91 Å². The molecule has 1 heterocycles. The van der Waals surface area contributed by atoms with Gasteiger partial charge in [-0.3, -0.25) is 4.79 Å². The Bertz CT molecular complexity index is 684. The molecule has 2 aromatic rings. The maximum atomic E-state index is 12.9. The molecule has 0 unspecified atom stereocenters. The number of rotatable bonds is 1. The van der Waals surface area contributed by atoms with Crippen molar-refractivity contribution in [1.82, 2.24) is 0 Å². The van der Waals surface area contributed by atoms with Crippen molar-refractivity contribution in [3.8, 4) is 0 Å². The van der Waals surface area contributed by atoms with Gasteiger partial charge in [-0.05, 0) is 49.2 Å². The van der Waals surface area contributed by atoms with E-state index < -0.39 is 0 Å². The lowest BCUT2D eigenvalue weighted by Crippen LogP contribution is -2.32. The lowest BCUT2D eigenvalue weighted by Gasteiger charge is -2.23. The number of aryl methyl sites for hydroxylation is 1. The van der Waals surface area contributed by atoms with Crippen LogP contribution in [0.5, 0.6) is 0 Å². The summed E-state index contributed by atoms with van der Waals surface area (Å²) < 4.78 is 0.995. The predicted molar refractivity (Wildman–Crippen MR) is 90.1 cm³/mol. The van der Waals surface area contributed by atoms with Crippen molar-refractivity contribution in [2.45, 2.75) is 13.3 Å². The first-order valence-electron chi connectivity index (χ1n) is 7.08. The molecule has 108 valence electrons. The van der Waals surface area contributed by atoms with Crippen LogP contribution in [0, 0.1) is 6.92 Å². The van der Waals surface area contributed by atoms with Crippen LogP contribution in [0.25, 0.3) is 0 Å². The van der Waals surface area contributed by atoms with E-state index >= 15 is 0 Å². The number of anilines is 2. The second kappa shape index (κ2) is 5.90. The highest BCUT2D eigenvalue weighted by Crippen LogP contribution is 2.30. The van der Waals surface area contributed by atoms with Gasteiger partial charge in [-0.15, -0.1) is 0 Å². The Labute approximate surface area is 133 Å². The van der Waals surface area contributed by atoms with Crippen LogP contribution in [0.3, 0.4) is 0 Å². The summed E-state index contributed by atoms with van der Waals surface area (Å²) in [5, 5.41) is 3.38. The van der Waals surface area contributed by atoms with Gasteiger partial charge in [0.15, 0.2) is 0 Å². The molecule has 0 bridgehead atoms. The molecule has 0 saturated heterocycles. The van der Waals surface area contributed by atoms with Crippen LogP contribution < -0.4 is 10.2 Å². The smallest absolute Gasteiger partial charge is 0.258 e. The van der Waals surface area contributed by atoms with Gasteiger partial charge < -0.3 is 10.2 Å². The van der Waals surface area contributed by atoms with Crippen LogP contribution in [0.4, 0.5) is 11.4 Å². The van der Waals surface area contributed by atoms with Crippen LogP contribution in [0.2, 0.25) is 0 Å². The number of nitrogens with one attached hydrogen (secondary N) is 1. The van der Waals surface area contributed by atoms with Gasteiger partial charge in [-0.25, -0.2) is 0 Å². The Hall–Kier alpha value is -1.81. The van der Waals surface area contributed by atoms with Gasteiger partial charge in [0, 0.05) is 23.1 Å². The highest BCUT2D eigenvalue weighted by molar-refractivity contribution is 9.10. The Morgan fingerprint density at radius 3 is 2.86 bits per heavy atom. The highest BCUT2D eigenvalue weighted by Gasteiger charge is 2.23. The van der Waals surface area contributed by atoms with E-state index in [9.17, 15) is 4.79 Å². The summed E-state index contributed by atoms with van der Waals surface area (Å²) in [5.41, 5.74) is 3.74. The summed E-state index contributed by atoms with van der Waals surface area (Å²) in [7, 11) is 0. The molecule has 0 saturated carbocycles. The van der Waals surface area contributed by atoms with Crippen molar-refractivity contribution in [2.24, 2.45) is 0 Å². The average Bonchev–Trinajstić information content (AvgIpc) is 2.69. The van der Waals surface area contributed by atoms with E-state index in [0.29, 0.717) is 0 Å². The highest BCUT2D eigenvalue weighted by atomic mass is 79.9. The third-order valence-electron chi connectivity index (χ3n) is 3.73. The van der Waals surface area contributed by atoms with E-state index in [1.165, 1.54) is 0 Å². The van der Waals surface area contributed by atoms with Crippen LogP contribution in [-0.2, 0) is 0 Å². The van der Waals surface area contributed by atoms with E-state index in [1.807, 2.05) is 54.3 Å². The number of fused-ring (bicyclic) bond motifs is 1. The number of amides is 1. The van der Waals surface area contributed by atoms with E-state index in [0.717, 1.165) is 46.5 Å². The summed E-state index contributed by atoms with van der Waals surface area (Å²) in [6, 6.07) is 13.8. The summed E-state index contributed by atoms with van der Waals surface area (Å²) in [6.45, 7) is 3.60. The normalized spacial score (nSPS) is 14.1. The van der Waals surface area contributed by atoms with E-state index in [2.05, 4.69) is 21.2 Å². The Balaban J connectivity index is 2.01. The number of halogens is 1. The number of nitrogens with zero attached hydrogens (tertiary/aromatic N) is 1. The number of para-hydroxylation sites is 2. The third-order valence-corrected chi connectivity index (χ3v) is 4.23. The minimum Gasteiger partial charge on any atom is -0.383 e. The van der Waals surface area contributed by atoms with Gasteiger partial charge in [-0.1, -0.05) is 28.1 Å². The van der Waals surface area contributed by atoms with Gasteiger partial charge >= 0.3 is 0 Å². The van der Waals surface area contributed by atoms with Crippen molar-refractivity contribution in [2.75, 3.05) is 23.3 Å². The van der Waals surface area contributed by atoms with Crippen molar-refractivity contribution in [3.05, 3.63) is 58.1 Å². The second-order valence-electron chi connectivity index (χ2n) is 5.21. The van der Waals surface area contributed by atoms with Gasteiger partial charge in [0.25, 0.3) is 5.91 Å². The molecule has 0 aliphatic carbocycles. The monoisotopic (exact) mass is 344 g/mol. The topological polar surface area (TPSA) is 32.3 Å². The lowest BCUT2D eigenvalue weighted by molar-refractivity contribution is 0.0986. The quantitative estimate of drug-likeness (QED) is 0.839. The molecule has 1 aliphatic heterocycles. The maximum Gasteiger partial charge on any atom is 0.258 e. The van der Waals surface area contributed by atoms with Crippen molar-refractivity contribution < 1.29 is 4.79 Å². The number of hydrogen-bond acceptors (Lipinski definition) is 2. The first-order chi connectivity index (χ1) is 10.2. The SMILES string of the molecule is Cc1cc(Br)ccc1C(=O)N1CCCNc2ccccc21. The molecule has 4 heteroatoms. The third kappa shape index (κ3) is 2.81. The predicted octanol–water partition coefficient (Wildman–Crippen LogP) is 4.22. The molecule has 2 aromatic carbocycles. The van der Waals surface area contributed by atoms with Crippen molar-refractivity contribution >= 4 is 33.2 Å². The lowest BCUT2D eigenvalue weighted by atomic mass is 10.1. The number of benzene rings is 2. The Morgan fingerprint density at radius 2 is 2.05 bits per heavy atom. The zero-order valence-corrected chi connectivity index (χ0v) is 13.5. The van der Waals surface area contributed by atoms with E-state index in [4.69, 9.17) is 0 Å².